The number of rotatable bonds is 6. The minimum absolute atomic E-state index is 0.0337. The molecule has 0 saturated heterocycles. The molecule has 0 unspecified atom stereocenters. The summed E-state index contributed by atoms with van der Waals surface area (Å²) in [5.41, 5.74) is 0.716. The van der Waals surface area contributed by atoms with Crippen molar-refractivity contribution in [2.24, 2.45) is 5.92 Å². The first kappa shape index (κ1) is 14.6. The van der Waals surface area contributed by atoms with E-state index in [9.17, 15) is 4.79 Å². The van der Waals surface area contributed by atoms with E-state index in [4.69, 9.17) is 0 Å². The molecule has 1 heterocycles. The number of hydrogen-bond acceptors (Lipinski definition) is 3. The lowest BCUT2D eigenvalue weighted by Gasteiger charge is -2.27. The molecule has 2 rings (SSSR count). The molecule has 4 nitrogen and oxygen atoms in total. The molecule has 1 aromatic rings. The number of halogens is 1. The van der Waals surface area contributed by atoms with Crippen LogP contribution >= 0.6 is 15.9 Å². The Labute approximate surface area is 122 Å². The van der Waals surface area contributed by atoms with Crippen molar-refractivity contribution in [2.75, 3.05) is 5.32 Å². The number of nitrogens with zero attached hydrogens (tertiary/aromatic N) is 2. The first-order valence-electron chi connectivity index (χ1n) is 6.97. The zero-order chi connectivity index (χ0) is 14.0. The van der Waals surface area contributed by atoms with Crippen LogP contribution in [0.1, 0.15) is 46.5 Å². The zero-order valence-corrected chi connectivity index (χ0v) is 13.5. The lowest BCUT2D eigenvalue weighted by atomic mass is 9.99. The number of aromatic nitrogens is 2. The molecule has 1 saturated carbocycles. The van der Waals surface area contributed by atoms with Gasteiger partial charge in [-0.1, -0.05) is 13.3 Å². The fourth-order valence-electron chi connectivity index (χ4n) is 2.28. The van der Waals surface area contributed by atoms with E-state index in [2.05, 4.69) is 47.1 Å². The molecule has 1 aliphatic rings. The van der Waals surface area contributed by atoms with E-state index in [1.807, 2.05) is 0 Å². The summed E-state index contributed by atoms with van der Waals surface area (Å²) in [6.07, 6.45) is 6.34. The first-order valence-corrected chi connectivity index (χ1v) is 7.76. The summed E-state index contributed by atoms with van der Waals surface area (Å²) in [6.45, 7) is 7.18. The second kappa shape index (κ2) is 5.65. The van der Waals surface area contributed by atoms with Gasteiger partial charge in [0, 0.05) is 12.1 Å². The van der Waals surface area contributed by atoms with Crippen LogP contribution in [0, 0.1) is 5.92 Å². The third-order valence-corrected chi connectivity index (χ3v) is 4.23. The maximum Gasteiger partial charge on any atom is 0.283 e. The molecule has 1 fully saturated rings. The van der Waals surface area contributed by atoms with Gasteiger partial charge >= 0.3 is 0 Å². The standard InChI is InChI=1S/C14H22BrN3O/c1-4-7-14(2,3)17-11-8-16-18(9-10-5-6-10)13(19)12(11)15/h8,10,17H,4-7,9H2,1-3H3. The van der Waals surface area contributed by atoms with Gasteiger partial charge in [-0.3, -0.25) is 4.79 Å². The summed E-state index contributed by atoms with van der Waals surface area (Å²) < 4.78 is 2.16. The Kier molecular flexibility index (Phi) is 4.33. The minimum atomic E-state index is -0.0378. The van der Waals surface area contributed by atoms with Crippen LogP contribution in [0.3, 0.4) is 0 Å². The number of hydrogen-bond donors (Lipinski definition) is 1. The summed E-state index contributed by atoms with van der Waals surface area (Å²) in [7, 11) is 0. The molecule has 0 spiro atoms. The predicted octanol–water partition coefficient (Wildman–Crippen LogP) is 3.41. The molecule has 5 heteroatoms. The summed E-state index contributed by atoms with van der Waals surface area (Å²) in [4.78, 5) is 12.2. The van der Waals surface area contributed by atoms with E-state index in [-0.39, 0.29) is 11.1 Å². The Morgan fingerprint density at radius 1 is 1.53 bits per heavy atom. The third-order valence-electron chi connectivity index (χ3n) is 3.46. The fourth-order valence-corrected chi connectivity index (χ4v) is 2.69. The topological polar surface area (TPSA) is 46.9 Å². The maximum atomic E-state index is 12.2. The van der Waals surface area contributed by atoms with E-state index in [1.165, 1.54) is 12.8 Å². The van der Waals surface area contributed by atoms with Crippen molar-refractivity contribution in [1.29, 1.82) is 0 Å². The highest BCUT2D eigenvalue weighted by Gasteiger charge is 2.24. The van der Waals surface area contributed by atoms with E-state index < -0.39 is 0 Å². The van der Waals surface area contributed by atoms with Crippen molar-refractivity contribution in [3.05, 3.63) is 21.0 Å². The molecule has 19 heavy (non-hydrogen) atoms. The Morgan fingerprint density at radius 3 is 2.79 bits per heavy atom. The monoisotopic (exact) mass is 327 g/mol. The van der Waals surface area contributed by atoms with Crippen LogP contribution in [-0.2, 0) is 6.54 Å². The molecule has 0 amide bonds. The predicted molar refractivity (Wildman–Crippen MR) is 81.5 cm³/mol. The summed E-state index contributed by atoms with van der Waals surface area (Å²) in [6, 6.07) is 0. The van der Waals surface area contributed by atoms with E-state index in [0.717, 1.165) is 25.1 Å². The Hall–Kier alpha value is -0.840. The van der Waals surface area contributed by atoms with Crippen molar-refractivity contribution in [2.45, 2.75) is 58.5 Å². The van der Waals surface area contributed by atoms with E-state index in [0.29, 0.717) is 10.4 Å². The maximum absolute atomic E-state index is 12.2. The molecule has 0 bridgehead atoms. The van der Waals surface area contributed by atoms with Crippen molar-refractivity contribution >= 4 is 21.6 Å². The van der Waals surface area contributed by atoms with Gasteiger partial charge in [-0.05, 0) is 55.0 Å². The van der Waals surface area contributed by atoms with Crippen molar-refractivity contribution in [3.63, 3.8) is 0 Å². The Balaban J connectivity index is 2.18. The summed E-state index contributed by atoms with van der Waals surface area (Å²) >= 11 is 3.41. The van der Waals surface area contributed by atoms with Gasteiger partial charge in [0.1, 0.15) is 4.47 Å². The number of anilines is 1. The molecule has 0 aliphatic heterocycles. The first-order chi connectivity index (χ1) is 8.93. The van der Waals surface area contributed by atoms with E-state index >= 15 is 0 Å². The molecule has 106 valence electrons. The summed E-state index contributed by atoms with van der Waals surface area (Å²) in [5, 5.41) is 7.68. The SMILES string of the molecule is CCCC(C)(C)Nc1cnn(CC2CC2)c(=O)c1Br. The summed E-state index contributed by atoms with van der Waals surface area (Å²) in [5.74, 6) is 0.646. The second-order valence-corrected chi connectivity index (χ2v) is 6.85. The zero-order valence-electron chi connectivity index (χ0n) is 11.9. The largest absolute Gasteiger partial charge is 0.378 e. The van der Waals surface area contributed by atoms with Crippen LogP contribution in [-0.4, -0.2) is 15.3 Å². The highest BCUT2D eigenvalue weighted by Crippen LogP contribution is 2.30. The smallest absolute Gasteiger partial charge is 0.283 e. The third kappa shape index (κ3) is 3.81. The number of nitrogens with one attached hydrogen (secondary N) is 1. The Bertz CT molecular complexity index is 506. The van der Waals surface area contributed by atoms with Gasteiger partial charge in [-0.25, -0.2) is 4.68 Å². The van der Waals surface area contributed by atoms with Crippen LogP contribution in [0.25, 0.3) is 0 Å². The molecule has 0 radical (unpaired) electrons. The van der Waals surface area contributed by atoms with Crippen molar-refractivity contribution in [3.8, 4) is 0 Å². The van der Waals surface area contributed by atoms with Gasteiger partial charge in [-0.15, -0.1) is 0 Å². The molecule has 1 aliphatic carbocycles. The molecular weight excluding hydrogens is 306 g/mol. The van der Waals surface area contributed by atoms with Gasteiger partial charge in [0.15, 0.2) is 0 Å². The minimum Gasteiger partial charge on any atom is -0.378 e. The van der Waals surface area contributed by atoms with Gasteiger partial charge in [0.25, 0.3) is 5.56 Å². The van der Waals surface area contributed by atoms with Gasteiger partial charge < -0.3 is 5.32 Å². The van der Waals surface area contributed by atoms with Gasteiger partial charge in [0.05, 0.1) is 11.9 Å². The highest BCUT2D eigenvalue weighted by atomic mass is 79.9. The van der Waals surface area contributed by atoms with Crippen LogP contribution in [0.2, 0.25) is 0 Å². The molecule has 0 aromatic carbocycles. The average Bonchev–Trinajstić information content (AvgIpc) is 3.12. The van der Waals surface area contributed by atoms with Crippen LogP contribution in [0.4, 0.5) is 5.69 Å². The molecule has 1 aromatic heterocycles. The highest BCUT2D eigenvalue weighted by molar-refractivity contribution is 9.10. The normalized spacial score (nSPS) is 15.6. The van der Waals surface area contributed by atoms with Gasteiger partial charge in [0.2, 0.25) is 0 Å². The van der Waals surface area contributed by atoms with E-state index in [1.54, 1.807) is 10.9 Å². The molecule has 0 atom stereocenters. The van der Waals surface area contributed by atoms with Crippen LogP contribution < -0.4 is 10.9 Å². The second-order valence-electron chi connectivity index (χ2n) is 6.06. The average molecular weight is 328 g/mol. The molecular formula is C14H22BrN3O. The lowest BCUT2D eigenvalue weighted by molar-refractivity contribution is 0.504. The quantitative estimate of drug-likeness (QED) is 0.870. The molecule has 1 N–H and O–H groups in total. The van der Waals surface area contributed by atoms with Crippen LogP contribution in [0.15, 0.2) is 15.5 Å². The fraction of sp³-hybridized carbons (Fsp3) is 0.714. The van der Waals surface area contributed by atoms with Crippen molar-refractivity contribution in [1.82, 2.24) is 9.78 Å². The Morgan fingerprint density at radius 2 is 2.21 bits per heavy atom. The van der Waals surface area contributed by atoms with Gasteiger partial charge in [-0.2, -0.15) is 5.10 Å². The lowest BCUT2D eigenvalue weighted by Crippen LogP contribution is -2.33. The van der Waals surface area contributed by atoms with Crippen molar-refractivity contribution < 1.29 is 0 Å². The van der Waals surface area contributed by atoms with Crippen LogP contribution in [0.5, 0.6) is 0 Å².